The topological polar surface area (TPSA) is 75.2 Å². The molecule has 7 heteroatoms. The zero-order chi connectivity index (χ0) is 19.0. The number of alkyl carbamates (subject to hydrolysis) is 1. The van der Waals surface area contributed by atoms with Crippen LogP contribution < -0.4 is 10.6 Å². The van der Waals surface area contributed by atoms with Gasteiger partial charge in [0.25, 0.3) is 0 Å². The van der Waals surface area contributed by atoms with Crippen molar-refractivity contribution in [1.82, 2.24) is 15.5 Å². The average Bonchev–Trinajstić information content (AvgIpc) is 2.97. The van der Waals surface area contributed by atoms with Gasteiger partial charge >= 0.3 is 6.09 Å². The van der Waals surface area contributed by atoms with E-state index >= 15 is 0 Å². The molecule has 1 amide bonds. The second kappa shape index (κ2) is 9.85. The third kappa shape index (κ3) is 8.43. The molecule has 0 aromatic carbocycles. The van der Waals surface area contributed by atoms with Gasteiger partial charge in [0.2, 0.25) is 0 Å². The van der Waals surface area contributed by atoms with Crippen molar-refractivity contribution in [3.8, 4) is 0 Å². The fraction of sp³-hybridized carbons (Fsp3) is 0.889. The third-order valence-corrected chi connectivity index (χ3v) is 4.12. The maximum Gasteiger partial charge on any atom is 0.407 e. The van der Waals surface area contributed by atoms with Gasteiger partial charge in [0.15, 0.2) is 5.96 Å². The van der Waals surface area contributed by atoms with Crippen molar-refractivity contribution in [2.24, 2.45) is 16.8 Å². The van der Waals surface area contributed by atoms with E-state index in [0.29, 0.717) is 12.5 Å². The van der Waals surface area contributed by atoms with Crippen molar-refractivity contribution in [3.05, 3.63) is 0 Å². The van der Waals surface area contributed by atoms with Crippen LogP contribution in [0, 0.1) is 11.8 Å². The summed E-state index contributed by atoms with van der Waals surface area (Å²) in [5, 5.41) is 6.30. The van der Waals surface area contributed by atoms with E-state index in [0.717, 1.165) is 32.1 Å². The Morgan fingerprint density at radius 1 is 1.40 bits per heavy atom. The van der Waals surface area contributed by atoms with Gasteiger partial charge in [-0.2, -0.15) is 0 Å². The molecule has 0 bridgehead atoms. The van der Waals surface area contributed by atoms with Crippen LogP contribution in [0.25, 0.3) is 0 Å². The summed E-state index contributed by atoms with van der Waals surface area (Å²) in [5.74, 6) is 1.64. The summed E-state index contributed by atoms with van der Waals surface area (Å²) in [6.07, 6.45) is 0.704. The molecule has 0 radical (unpaired) electrons. The van der Waals surface area contributed by atoms with E-state index < -0.39 is 5.60 Å². The highest BCUT2D eigenvalue weighted by molar-refractivity contribution is 5.79. The number of hydrogen-bond acceptors (Lipinski definition) is 4. The molecule has 1 heterocycles. The van der Waals surface area contributed by atoms with Gasteiger partial charge in [0.05, 0.1) is 12.6 Å². The molecule has 25 heavy (non-hydrogen) atoms. The normalized spacial score (nSPS) is 19.7. The predicted molar refractivity (Wildman–Crippen MR) is 101 cm³/mol. The summed E-state index contributed by atoms with van der Waals surface area (Å²) in [6.45, 7) is 12.9. The van der Waals surface area contributed by atoms with E-state index in [-0.39, 0.29) is 18.1 Å². The molecule has 1 saturated heterocycles. The molecule has 0 aliphatic carbocycles. The van der Waals surface area contributed by atoms with E-state index in [1.165, 1.54) is 0 Å². The Kier molecular flexibility index (Phi) is 8.48. The quantitative estimate of drug-likeness (QED) is 0.563. The second-order valence-electron chi connectivity index (χ2n) is 8.03. The summed E-state index contributed by atoms with van der Waals surface area (Å²) >= 11 is 0. The van der Waals surface area contributed by atoms with Crippen molar-refractivity contribution < 1.29 is 14.3 Å². The van der Waals surface area contributed by atoms with Crippen LogP contribution in [0.2, 0.25) is 0 Å². The molecule has 7 nitrogen and oxygen atoms in total. The summed E-state index contributed by atoms with van der Waals surface area (Å²) < 4.78 is 10.8. The van der Waals surface area contributed by atoms with Crippen molar-refractivity contribution in [2.75, 3.05) is 40.4 Å². The maximum absolute atomic E-state index is 12.0. The van der Waals surface area contributed by atoms with Gasteiger partial charge in [0.1, 0.15) is 5.60 Å². The van der Waals surface area contributed by atoms with E-state index in [2.05, 4.69) is 34.4 Å². The van der Waals surface area contributed by atoms with E-state index in [9.17, 15) is 4.79 Å². The van der Waals surface area contributed by atoms with Crippen LogP contribution in [0.3, 0.4) is 0 Å². The Morgan fingerprint density at radius 2 is 2.08 bits per heavy atom. The first-order valence-corrected chi connectivity index (χ1v) is 9.11. The standard InChI is InChI=1S/C18H36N4O3/c1-13(2)15(21-17(23)25-18(3,4)5)10-20-16(19-6)22(7)11-14-8-9-24-12-14/h13-15H,8-12H2,1-7H3,(H,19,20)(H,21,23). The fourth-order valence-corrected chi connectivity index (χ4v) is 2.70. The van der Waals surface area contributed by atoms with Gasteiger partial charge in [0, 0.05) is 39.7 Å². The summed E-state index contributed by atoms with van der Waals surface area (Å²) in [5.41, 5.74) is -0.501. The average molecular weight is 357 g/mol. The van der Waals surface area contributed by atoms with E-state index in [4.69, 9.17) is 9.47 Å². The summed E-state index contributed by atoms with van der Waals surface area (Å²) in [4.78, 5) is 18.5. The maximum atomic E-state index is 12.0. The molecule has 2 atom stereocenters. The molecule has 1 aliphatic heterocycles. The number of carbonyl (C=O) groups is 1. The van der Waals surface area contributed by atoms with Gasteiger partial charge < -0.3 is 25.0 Å². The van der Waals surface area contributed by atoms with Crippen LogP contribution in [0.4, 0.5) is 4.79 Å². The molecular formula is C18H36N4O3. The van der Waals surface area contributed by atoms with Crippen LogP contribution in [-0.2, 0) is 9.47 Å². The first-order chi connectivity index (χ1) is 11.6. The Hall–Kier alpha value is -1.50. The van der Waals surface area contributed by atoms with Crippen molar-refractivity contribution >= 4 is 12.1 Å². The second-order valence-corrected chi connectivity index (χ2v) is 8.03. The number of nitrogens with one attached hydrogen (secondary N) is 2. The number of amides is 1. The smallest absolute Gasteiger partial charge is 0.407 e. The van der Waals surface area contributed by atoms with Gasteiger partial charge in [-0.05, 0) is 33.1 Å². The summed E-state index contributed by atoms with van der Waals surface area (Å²) in [6, 6.07) is -0.0465. The molecule has 1 aliphatic rings. The summed E-state index contributed by atoms with van der Waals surface area (Å²) in [7, 11) is 3.80. The minimum Gasteiger partial charge on any atom is -0.444 e. The fourth-order valence-electron chi connectivity index (χ4n) is 2.70. The zero-order valence-electron chi connectivity index (χ0n) is 16.9. The molecule has 0 aromatic rings. The first kappa shape index (κ1) is 21.5. The Labute approximate surface area is 152 Å². The molecule has 0 spiro atoms. The minimum absolute atomic E-state index is 0.0465. The highest BCUT2D eigenvalue weighted by atomic mass is 16.6. The molecule has 0 saturated carbocycles. The number of hydrogen-bond donors (Lipinski definition) is 2. The first-order valence-electron chi connectivity index (χ1n) is 9.11. The minimum atomic E-state index is -0.501. The van der Waals surface area contributed by atoms with Crippen LogP contribution >= 0.6 is 0 Å². The number of rotatable bonds is 6. The number of aliphatic imine (C=N–C) groups is 1. The number of ether oxygens (including phenoxy) is 2. The molecule has 2 unspecified atom stereocenters. The van der Waals surface area contributed by atoms with Crippen LogP contribution in [0.15, 0.2) is 4.99 Å². The molecule has 1 rings (SSSR count). The highest BCUT2D eigenvalue weighted by Gasteiger charge is 2.23. The van der Waals surface area contributed by atoms with Crippen LogP contribution in [0.5, 0.6) is 0 Å². The SMILES string of the molecule is CN=C(NCC(NC(=O)OC(C)(C)C)C(C)C)N(C)CC1CCOC1. The Bertz CT molecular complexity index is 440. The van der Waals surface area contributed by atoms with E-state index in [1.807, 2.05) is 27.8 Å². The van der Waals surface area contributed by atoms with Gasteiger partial charge in [-0.25, -0.2) is 4.79 Å². The lowest BCUT2D eigenvalue weighted by atomic mass is 10.0. The number of carbonyl (C=O) groups excluding carboxylic acids is 1. The lowest BCUT2D eigenvalue weighted by molar-refractivity contribution is 0.0491. The van der Waals surface area contributed by atoms with E-state index in [1.54, 1.807) is 7.05 Å². The molecular weight excluding hydrogens is 320 g/mol. The van der Waals surface area contributed by atoms with Crippen molar-refractivity contribution in [3.63, 3.8) is 0 Å². The molecule has 2 N–H and O–H groups in total. The molecule has 1 fully saturated rings. The van der Waals surface area contributed by atoms with Gasteiger partial charge in [-0.1, -0.05) is 13.8 Å². The Balaban J connectivity index is 2.51. The molecule has 146 valence electrons. The zero-order valence-corrected chi connectivity index (χ0v) is 16.9. The van der Waals surface area contributed by atoms with Crippen LogP contribution in [-0.4, -0.2) is 69.0 Å². The monoisotopic (exact) mass is 356 g/mol. The van der Waals surface area contributed by atoms with Gasteiger partial charge in [-0.3, -0.25) is 4.99 Å². The number of nitrogens with zero attached hydrogens (tertiary/aromatic N) is 2. The van der Waals surface area contributed by atoms with Crippen molar-refractivity contribution in [1.29, 1.82) is 0 Å². The highest BCUT2D eigenvalue weighted by Crippen LogP contribution is 2.13. The lowest BCUT2D eigenvalue weighted by Crippen LogP contribution is -2.51. The Morgan fingerprint density at radius 3 is 2.56 bits per heavy atom. The molecule has 0 aromatic heterocycles. The lowest BCUT2D eigenvalue weighted by Gasteiger charge is -2.29. The predicted octanol–water partition coefficient (Wildman–Crippen LogP) is 2.08. The largest absolute Gasteiger partial charge is 0.444 e. The third-order valence-electron chi connectivity index (χ3n) is 4.12. The van der Waals surface area contributed by atoms with Crippen LogP contribution in [0.1, 0.15) is 41.0 Å². The number of guanidine groups is 1. The van der Waals surface area contributed by atoms with Crippen molar-refractivity contribution in [2.45, 2.75) is 52.7 Å². The van der Waals surface area contributed by atoms with Gasteiger partial charge in [-0.15, -0.1) is 0 Å².